The zero-order chi connectivity index (χ0) is 28.5. The van der Waals surface area contributed by atoms with Crippen LogP contribution in [0.25, 0.3) is 22.2 Å². The highest BCUT2D eigenvalue weighted by atomic mass is 16.2. The summed E-state index contributed by atoms with van der Waals surface area (Å²) in [5, 5.41) is 0.999. The topological polar surface area (TPSA) is 61.7 Å². The van der Waals surface area contributed by atoms with Crippen LogP contribution in [0, 0.1) is 6.92 Å². The molecule has 1 saturated heterocycles. The van der Waals surface area contributed by atoms with E-state index in [0.29, 0.717) is 37.8 Å². The average molecular weight is 550 g/mol. The summed E-state index contributed by atoms with van der Waals surface area (Å²) in [7, 11) is 3.96. The molecule has 1 aliphatic carbocycles. The minimum absolute atomic E-state index is 0.0471. The highest BCUT2D eigenvalue weighted by Gasteiger charge is 2.29. The molecule has 6 rings (SSSR count). The zero-order valence-electron chi connectivity index (χ0n) is 24.3. The molecule has 2 amide bonds. The molecule has 2 aliphatic rings. The maximum Gasteiger partial charge on any atom is 0.256 e. The van der Waals surface area contributed by atoms with Gasteiger partial charge in [0, 0.05) is 63.4 Å². The van der Waals surface area contributed by atoms with Crippen LogP contribution in [0.5, 0.6) is 0 Å². The van der Waals surface area contributed by atoms with Crippen LogP contribution in [-0.4, -0.2) is 70.4 Å². The van der Waals surface area contributed by atoms with Crippen molar-refractivity contribution in [2.45, 2.75) is 45.1 Å². The summed E-state index contributed by atoms with van der Waals surface area (Å²) in [6.07, 6.45) is 7.54. The lowest BCUT2D eigenvalue weighted by molar-refractivity contribution is 0.0694. The summed E-state index contributed by atoms with van der Waals surface area (Å²) in [6, 6.07) is 20.7. The highest BCUT2D eigenvalue weighted by molar-refractivity contribution is 6.13. The van der Waals surface area contributed by atoms with Gasteiger partial charge in [-0.2, -0.15) is 0 Å². The molecule has 7 nitrogen and oxygen atoms in total. The fourth-order valence-corrected chi connectivity index (χ4v) is 6.54. The van der Waals surface area contributed by atoms with E-state index in [9.17, 15) is 9.59 Å². The Balaban J connectivity index is 1.18. The van der Waals surface area contributed by atoms with E-state index in [0.717, 1.165) is 51.9 Å². The largest absolute Gasteiger partial charge is 0.353 e. The third kappa shape index (κ3) is 5.21. The van der Waals surface area contributed by atoms with Gasteiger partial charge < -0.3 is 19.3 Å². The molecule has 4 aromatic rings. The summed E-state index contributed by atoms with van der Waals surface area (Å²) >= 11 is 0. The van der Waals surface area contributed by atoms with E-state index in [-0.39, 0.29) is 11.8 Å². The maximum absolute atomic E-state index is 14.1. The normalized spacial score (nSPS) is 16.3. The predicted molar refractivity (Wildman–Crippen MR) is 164 cm³/mol. The van der Waals surface area contributed by atoms with Gasteiger partial charge in [0.1, 0.15) is 5.82 Å². The first-order valence-electron chi connectivity index (χ1n) is 14.8. The van der Waals surface area contributed by atoms with Gasteiger partial charge in [-0.25, -0.2) is 4.98 Å². The number of rotatable bonds is 5. The summed E-state index contributed by atoms with van der Waals surface area (Å²) in [5.41, 5.74) is 5.60. The number of aromatic nitrogens is 2. The van der Waals surface area contributed by atoms with E-state index in [1.807, 2.05) is 54.2 Å². The number of benzene rings is 2. The van der Waals surface area contributed by atoms with Crippen LogP contribution in [0.15, 0.2) is 66.9 Å². The summed E-state index contributed by atoms with van der Waals surface area (Å²) in [6.45, 7) is 4.68. The van der Waals surface area contributed by atoms with Crippen molar-refractivity contribution in [3.8, 4) is 11.3 Å². The molecule has 0 atom stereocenters. The van der Waals surface area contributed by atoms with E-state index in [4.69, 9.17) is 0 Å². The number of hydrogen-bond acceptors (Lipinski definition) is 4. The van der Waals surface area contributed by atoms with Gasteiger partial charge in [-0.15, -0.1) is 0 Å². The SMILES string of the molecule is Cc1ccc2c(c1)c(C(=O)N1CCN(c3ccc(C(=O)N(C)C4CCCCC4)cn3)CC1)c(-c1ccccc1)n2C. The van der Waals surface area contributed by atoms with E-state index in [1.165, 1.54) is 19.3 Å². The fraction of sp³-hybridized carbons (Fsp3) is 0.382. The zero-order valence-corrected chi connectivity index (χ0v) is 24.3. The first-order valence-corrected chi connectivity index (χ1v) is 14.8. The number of carbonyl (C=O) groups excluding carboxylic acids is 2. The monoisotopic (exact) mass is 549 g/mol. The number of aryl methyl sites for hydroxylation is 2. The van der Waals surface area contributed by atoms with Gasteiger partial charge >= 0.3 is 0 Å². The number of piperazine rings is 1. The lowest BCUT2D eigenvalue weighted by Gasteiger charge is -2.35. The molecule has 0 N–H and O–H groups in total. The second-order valence-corrected chi connectivity index (χ2v) is 11.6. The van der Waals surface area contributed by atoms with Crippen LogP contribution in [0.4, 0.5) is 5.82 Å². The van der Waals surface area contributed by atoms with Crippen molar-refractivity contribution in [1.82, 2.24) is 19.4 Å². The van der Waals surface area contributed by atoms with Crippen molar-refractivity contribution in [3.05, 3.63) is 83.6 Å². The maximum atomic E-state index is 14.1. The molecule has 2 fully saturated rings. The van der Waals surface area contributed by atoms with E-state index >= 15 is 0 Å². The Bertz CT molecular complexity index is 1550. The average Bonchev–Trinajstić information content (AvgIpc) is 3.32. The molecule has 0 bridgehead atoms. The number of fused-ring (bicyclic) bond motifs is 1. The second-order valence-electron chi connectivity index (χ2n) is 11.6. The van der Waals surface area contributed by atoms with E-state index in [1.54, 1.807) is 6.20 Å². The lowest BCUT2D eigenvalue weighted by Crippen LogP contribution is -2.49. The van der Waals surface area contributed by atoms with Crippen LogP contribution in [0.3, 0.4) is 0 Å². The minimum atomic E-state index is 0.0471. The first-order chi connectivity index (χ1) is 19.9. The number of nitrogens with zero attached hydrogens (tertiary/aromatic N) is 5. The van der Waals surface area contributed by atoms with Gasteiger partial charge in [-0.1, -0.05) is 61.2 Å². The van der Waals surface area contributed by atoms with Crippen LogP contribution in [0.2, 0.25) is 0 Å². The molecular weight excluding hydrogens is 510 g/mol. The number of anilines is 1. The lowest BCUT2D eigenvalue weighted by atomic mass is 9.94. The molecule has 2 aromatic carbocycles. The van der Waals surface area contributed by atoms with E-state index in [2.05, 4.69) is 51.7 Å². The van der Waals surface area contributed by atoms with Crippen LogP contribution in [-0.2, 0) is 7.05 Å². The van der Waals surface area contributed by atoms with Gasteiger partial charge in [0.05, 0.1) is 16.8 Å². The van der Waals surface area contributed by atoms with Gasteiger partial charge in [0.15, 0.2) is 0 Å². The standard InChI is InChI=1S/C34H39N5O2/c1-24-14-16-29-28(22-24)31(32(37(29)3)25-10-6-4-7-11-25)34(41)39-20-18-38(19-21-39)30-17-15-26(23-35-30)33(40)36(2)27-12-8-5-9-13-27/h4,6-7,10-11,14-17,22-23,27H,5,8-9,12-13,18-21H2,1-3H3. The Labute approximate surface area is 242 Å². The first kappa shape index (κ1) is 27.1. The Morgan fingerprint density at radius 2 is 1.63 bits per heavy atom. The smallest absolute Gasteiger partial charge is 0.256 e. The number of amides is 2. The Morgan fingerprint density at radius 3 is 2.32 bits per heavy atom. The predicted octanol–water partition coefficient (Wildman–Crippen LogP) is 5.92. The molecule has 0 radical (unpaired) electrons. The van der Waals surface area contributed by atoms with Crippen LogP contribution < -0.4 is 4.90 Å². The molecule has 41 heavy (non-hydrogen) atoms. The molecule has 1 saturated carbocycles. The molecule has 0 unspecified atom stereocenters. The molecular formula is C34H39N5O2. The van der Waals surface area contributed by atoms with Gasteiger partial charge in [0.25, 0.3) is 11.8 Å². The Morgan fingerprint density at radius 1 is 0.902 bits per heavy atom. The molecule has 2 aromatic heterocycles. The third-order valence-corrected chi connectivity index (χ3v) is 8.94. The number of carbonyl (C=O) groups is 2. The fourth-order valence-electron chi connectivity index (χ4n) is 6.54. The van der Waals surface area contributed by atoms with Gasteiger partial charge in [0.2, 0.25) is 0 Å². The molecule has 3 heterocycles. The minimum Gasteiger partial charge on any atom is -0.353 e. The van der Waals surface area contributed by atoms with Crippen LogP contribution in [0.1, 0.15) is 58.4 Å². The van der Waals surface area contributed by atoms with Crippen molar-refractivity contribution in [2.24, 2.45) is 7.05 Å². The van der Waals surface area contributed by atoms with E-state index < -0.39 is 0 Å². The quantitative estimate of drug-likeness (QED) is 0.310. The molecule has 1 aliphatic heterocycles. The number of hydrogen-bond donors (Lipinski definition) is 0. The molecule has 212 valence electrons. The third-order valence-electron chi connectivity index (χ3n) is 8.94. The molecule has 7 heteroatoms. The van der Waals surface area contributed by atoms with Gasteiger partial charge in [-0.3, -0.25) is 9.59 Å². The number of pyridine rings is 1. The van der Waals surface area contributed by atoms with Gasteiger partial charge in [-0.05, 0) is 49.6 Å². The molecule has 0 spiro atoms. The highest BCUT2D eigenvalue weighted by Crippen LogP contribution is 2.35. The van der Waals surface area contributed by atoms with Crippen LogP contribution >= 0.6 is 0 Å². The van der Waals surface area contributed by atoms with Crippen molar-refractivity contribution in [2.75, 3.05) is 38.1 Å². The Kier molecular flexibility index (Phi) is 7.52. The van der Waals surface area contributed by atoms with Crippen molar-refractivity contribution < 1.29 is 9.59 Å². The summed E-state index contributed by atoms with van der Waals surface area (Å²) < 4.78 is 2.14. The Hall–Kier alpha value is -4.13. The second kappa shape index (κ2) is 11.4. The van der Waals surface area contributed by atoms with Crippen molar-refractivity contribution in [1.29, 1.82) is 0 Å². The summed E-state index contributed by atoms with van der Waals surface area (Å²) in [4.78, 5) is 37.9. The van der Waals surface area contributed by atoms with Crippen molar-refractivity contribution >= 4 is 28.5 Å². The summed E-state index contributed by atoms with van der Waals surface area (Å²) in [5.74, 6) is 0.963. The van der Waals surface area contributed by atoms with Crippen molar-refractivity contribution in [3.63, 3.8) is 0 Å².